The highest BCUT2D eigenvalue weighted by Crippen LogP contribution is 2.15. The van der Waals surface area contributed by atoms with Crippen molar-refractivity contribution < 1.29 is 9.90 Å². The van der Waals surface area contributed by atoms with Crippen LogP contribution in [0.5, 0.6) is 0 Å². The van der Waals surface area contributed by atoms with Gasteiger partial charge in [-0.05, 0) is 20.8 Å². The minimum Gasteiger partial charge on any atom is -0.481 e. The van der Waals surface area contributed by atoms with Crippen molar-refractivity contribution in [1.29, 1.82) is 0 Å². The molecule has 0 aliphatic carbocycles. The molecule has 1 aromatic heterocycles. The maximum absolute atomic E-state index is 10.0. The van der Waals surface area contributed by atoms with Crippen LogP contribution in [-0.2, 0) is 10.2 Å². The smallest absolute Gasteiger partial charge is 0.308 e. The molecule has 0 bridgehead atoms. The van der Waals surface area contributed by atoms with Crippen LogP contribution in [0.25, 0.3) is 0 Å². The van der Waals surface area contributed by atoms with Crippen LogP contribution >= 0.6 is 0 Å². The summed E-state index contributed by atoms with van der Waals surface area (Å²) in [4.78, 5) is 14.0. The summed E-state index contributed by atoms with van der Waals surface area (Å²) in [5.41, 5.74) is -0.490. The number of hydrogen-bond donors (Lipinski definition) is 2. The minimum atomic E-state index is -0.757. The van der Waals surface area contributed by atoms with Crippen molar-refractivity contribution in [3.63, 3.8) is 0 Å². The molecule has 0 radical (unpaired) electrons. The molecule has 0 spiro atoms. The predicted octanol–water partition coefficient (Wildman–Crippen LogP) is 2.22. The van der Waals surface area contributed by atoms with Gasteiger partial charge in [-0.25, -0.2) is 4.98 Å². The lowest BCUT2D eigenvalue weighted by Crippen LogP contribution is -2.18. The molecule has 0 aromatic carbocycles. The first-order chi connectivity index (χ1) is 7.05. The monoisotopic (exact) mass is 227 g/mol. The second-order valence-corrected chi connectivity index (χ2v) is 5.64. The summed E-state index contributed by atoms with van der Waals surface area (Å²) in [5, 5.41) is 14.8. The molecule has 92 valence electrons. The summed E-state index contributed by atoms with van der Waals surface area (Å²) in [6, 6.07) is 0. The first-order valence-corrected chi connectivity index (χ1v) is 5.14. The molecule has 2 N–H and O–H groups in total. The lowest BCUT2D eigenvalue weighted by molar-refractivity contribution is -0.145. The second-order valence-electron chi connectivity index (χ2n) is 5.64. The number of aromatic amines is 1. The maximum atomic E-state index is 10.0. The van der Waals surface area contributed by atoms with Gasteiger partial charge in [0, 0.05) is 5.41 Å². The van der Waals surface area contributed by atoms with Crippen molar-refractivity contribution in [1.82, 2.24) is 15.2 Å². The topological polar surface area (TPSA) is 78.9 Å². The Morgan fingerprint density at radius 1 is 1.25 bits per heavy atom. The molecule has 5 heteroatoms. The zero-order valence-electron chi connectivity index (χ0n) is 10.8. The Bertz CT molecular complexity index is 318. The minimum absolute atomic E-state index is 0.0938. The number of nitrogens with zero attached hydrogens (tertiary/aromatic N) is 2. The molecule has 0 aliphatic heterocycles. The van der Waals surface area contributed by atoms with Crippen LogP contribution in [0.15, 0.2) is 6.33 Å². The van der Waals surface area contributed by atoms with E-state index >= 15 is 0 Å². The maximum Gasteiger partial charge on any atom is 0.308 e. The third-order valence-corrected chi connectivity index (χ3v) is 1.77. The highest BCUT2D eigenvalue weighted by Gasteiger charge is 2.18. The SMILES string of the molecule is CC(C)(C)C(=O)O.CC(C)(C)c1ncn[nH]1. The average Bonchev–Trinajstić information content (AvgIpc) is 2.52. The first kappa shape index (κ1) is 14.6. The number of hydrogen-bond acceptors (Lipinski definition) is 3. The first-order valence-electron chi connectivity index (χ1n) is 5.14. The lowest BCUT2D eigenvalue weighted by Gasteiger charge is -2.12. The lowest BCUT2D eigenvalue weighted by atomic mass is 9.96. The van der Waals surface area contributed by atoms with Gasteiger partial charge in [0.25, 0.3) is 0 Å². The largest absolute Gasteiger partial charge is 0.481 e. The molecule has 0 unspecified atom stereocenters. The Balaban J connectivity index is 0.000000293. The molecule has 1 rings (SSSR count). The predicted molar refractivity (Wildman–Crippen MR) is 62.2 cm³/mol. The Kier molecular flexibility index (Phi) is 4.65. The third-order valence-electron chi connectivity index (χ3n) is 1.77. The fraction of sp³-hybridized carbons (Fsp3) is 0.727. The summed E-state index contributed by atoms with van der Waals surface area (Å²) in [5.74, 6) is 0.176. The van der Waals surface area contributed by atoms with Gasteiger partial charge < -0.3 is 5.11 Å². The van der Waals surface area contributed by atoms with Crippen LogP contribution in [0.4, 0.5) is 0 Å². The van der Waals surface area contributed by atoms with Crippen LogP contribution in [0.2, 0.25) is 0 Å². The van der Waals surface area contributed by atoms with Gasteiger partial charge in [-0.1, -0.05) is 20.8 Å². The molecule has 0 atom stereocenters. The van der Waals surface area contributed by atoms with Gasteiger partial charge in [0.1, 0.15) is 12.2 Å². The van der Waals surface area contributed by atoms with E-state index in [4.69, 9.17) is 5.11 Å². The van der Waals surface area contributed by atoms with Crippen LogP contribution in [0, 0.1) is 5.41 Å². The van der Waals surface area contributed by atoms with E-state index in [2.05, 4.69) is 36.0 Å². The summed E-state index contributed by atoms with van der Waals surface area (Å²) < 4.78 is 0. The number of rotatable bonds is 0. The van der Waals surface area contributed by atoms with E-state index in [-0.39, 0.29) is 5.41 Å². The zero-order valence-corrected chi connectivity index (χ0v) is 10.8. The molecule has 0 fully saturated rings. The number of carbonyl (C=O) groups is 1. The van der Waals surface area contributed by atoms with Crippen molar-refractivity contribution in [3.05, 3.63) is 12.2 Å². The van der Waals surface area contributed by atoms with Crippen molar-refractivity contribution >= 4 is 5.97 Å². The number of carboxylic acid groups (broad SMARTS) is 1. The van der Waals surface area contributed by atoms with Crippen LogP contribution < -0.4 is 0 Å². The number of carboxylic acids is 1. The summed E-state index contributed by atoms with van der Waals surface area (Å²) in [7, 11) is 0. The fourth-order valence-corrected chi connectivity index (χ4v) is 0.567. The molecule has 5 nitrogen and oxygen atoms in total. The Labute approximate surface area is 96.3 Å². The molecule has 16 heavy (non-hydrogen) atoms. The van der Waals surface area contributed by atoms with Crippen LogP contribution in [0.3, 0.4) is 0 Å². The average molecular weight is 227 g/mol. The van der Waals surface area contributed by atoms with Gasteiger partial charge in [0.05, 0.1) is 5.41 Å². The molecule has 0 aliphatic rings. The number of H-pyrrole nitrogens is 1. The normalized spacial score (nSPS) is 11.6. The highest BCUT2D eigenvalue weighted by molar-refractivity contribution is 5.72. The fourth-order valence-electron chi connectivity index (χ4n) is 0.567. The number of aromatic nitrogens is 3. The Morgan fingerprint density at radius 3 is 1.81 bits per heavy atom. The molecule has 1 heterocycles. The quantitative estimate of drug-likeness (QED) is 0.712. The van der Waals surface area contributed by atoms with Crippen LogP contribution in [0.1, 0.15) is 47.4 Å². The van der Waals surface area contributed by atoms with E-state index < -0.39 is 11.4 Å². The van der Waals surface area contributed by atoms with Gasteiger partial charge in [-0.15, -0.1) is 0 Å². The van der Waals surface area contributed by atoms with E-state index in [0.29, 0.717) is 0 Å². The second kappa shape index (κ2) is 5.09. The Hall–Kier alpha value is -1.39. The van der Waals surface area contributed by atoms with E-state index in [9.17, 15) is 4.79 Å². The van der Waals surface area contributed by atoms with Gasteiger partial charge in [0.15, 0.2) is 0 Å². The van der Waals surface area contributed by atoms with Gasteiger partial charge >= 0.3 is 5.97 Å². The standard InChI is InChI=1S/C6H11N3.C5H10O2/c1-6(2,3)5-7-4-8-9-5;1-5(2,3)4(6)7/h4H,1-3H3,(H,7,8,9);1-3H3,(H,6,7). The molecule has 0 amide bonds. The van der Waals surface area contributed by atoms with Crippen molar-refractivity contribution in [3.8, 4) is 0 Å². The van der Waals surface area contributed by atoms with Crippen molar-refractivity contribution in [2.24, 2.45) is 5.41 Å². The summed E-state index contributed by atoms with van der Waals surface area (Å²) in [6.07, 6.45) is 1.53. The zero-order chi connectivity index (χ0) is 13.0. The molecule has 0 saturated carbocycles. The molecule has 0 saturated heterocycles. The Morgan fingerprint density at radius 2 is 1.69 bits per heavy atom. The van der Waals surface area contributed by atoms with E-state index in [1.165, 1.54) is 6.33 Å². The van der Waals surface area contributed by atoms with E-state index in [0.717, 1.165) is 5.82 Å². The molecular weight excluding hydrogens is 206 g/mol. The highest BCUT2D eigenvalue weighted by atomic mass is 16.4. The number of aliphatic carboxylic acids is 1. The third kappa shape index (κ3) is 5.48. The van der Waals surface area contributed by atoms with Crippen LogP contribution in [-0.4, -0.2) is 26.3 Å². The van der Waals surface area contributed by atoms with Crippen molar-refractivity contribution in [2.45, 2.75) is 47.0 Å². The van der Waals surface area contributed by atoms with E-state index in [1.54, 1.807) is 20.8 Å². The van der Waals surface area contributed by atoms with E-state index in [1.807, 2.05) is 0 Å². The van der Waals surface area contributed by atoms with Crippen molar-refractivity contribution in [2.75, 3.05) is 0 Å². The van der Waals surface area contributed by atoms with Gasteiger partial charge in [0.2, 0.25) is 0 Å². The number of nitrogens with one attached hydrogen (secondary N) is 1. The molecular formula is C11H21N3O2. The molecule has 1 aromatic rings. The summed E-state index contributed by atoms with van der Waals surface area (Å²) >= 11 is 0. The summed E-state index contributed by atoms with van der Waals surface area (Å²) in [6.45, 7) is 11.3. The van der Waals surface area contributed by atoms with Gasteiger partial charge in [-0.3, -0.25) is 9.89 Å². The van der Waals surface area contributed by atoms with Gasteiger partial charge in [-0.2, -0.15) is 5.10 Å².